The number of Topliss-reactive ketones (excluding diaryl/α,β-unsaturated/α-hetero) is 1. The number of rotatable bonds is 5. The highest BCUT2D eigenvalue weighted by atomic mass is 16.5. The predicted octanol–water partition coefficient (Wildman–Crippen LogP) is 1.60. The van der Waals surface area contributed by atoms with Crippen molar-refractivity contribution in [3.8, 4) is 0 Å². The Labute approximate surface area is 156 Å². The van der Waals surface area contributed by atoms with Crippen LogP contribution in [0.1, 0.15) is 46.3 Å². The Morgan fingerprint density at radius 3 is 2.93 bits per heavy atom. The van der Waals surface area contributed by atoms with E-state index in [1.54, 1.807) is 17.3 Å². The molecule has 27 heavy (non-hydrogen) atoms. The Hall–Kier alpha value is -2.58. The molecule has 142 valence electrons. The molecule has 4 heterocycles. The zero-order valence-corrected chi connectivity index (χ0v) is 15.1. The van der Waals surface area contributed by atoms with E-state index in [0.717, 1.165) is 18.4 Å². The first-order valence-corrected chi connectivity index (χ1v) is 9.13. The molecule has 2 aliphatic heterocycles. The number of carbonyl (C=O) groups is 2. The van der Waals surface area contributed by atoms with Crippen molar-refractivity contribution in [1.82, 2.24) is 20.1 Å². The van der Waals surface area contributed by atoms with Crippen LogP contribution in [-0.2, 0) is 16.1 Å². The zero-order valence-electron chi connectivity index (χ0n) is 15.1. The van der Waals surface area contributed by atoms with Gasteiger partial charge >= 0.3 is 0 Å². The molecule has 2 fully saturated rings. The standard InChI is InChI=1S/C19H22N4O4/c1-12(24)14-9-15(22-21-14)19(25)23-10-17(18-16(23)3-2-8-26-18)27-11-13-4-6-20-7-5-13/h4-7,9,16-18H,2-3,8,10-11H2,1H3,(H,21,22)/t16-,17+,18+/m1/s1. The fourth-order valence-corrected chi connectivity index (χ4v) is 3.74. The third-order valence-electron chi connectivity index (χ3n) is 5.12. The molecule has 1 amide bonds. The summed E-state index contributed by atoms with van der Waals surface area (Å²) in [5.74, 6) is -0.352. The van der Waals surface area contributed by atoms with Gasteiger partial charge in [0.15, 0.2) is 5.78 Å². The summed E-state index contributed by atoms with van der Waals surface area (Å²) in [6.45, 7) is 3.00. The summed E-state index contributed by atoms with van der Waals surface area (Å²) in [6, 6.07) is 5.29. The van der Waals surface area contributed by atoms with Gasteiger partial charge in [-0.1, -0.05) is 0 Å². The molecule has 2 saturated heterocycles. The molecule has 8 heteroatoms. The van der Waals surface area contributed by atoms with E-state index < -0.39 is 0 Å². The average Bonchev–Trinajstić information content (AvgIpc) is 3.32. The molecule has 1 N–H and O–H groups in total. The van der Waals surface area contributed by atoms with Gasteiger partial charge in [0, 0.05) is 25.9 Å². The van der Waals surface area contributed by atoms with Crippen molar-refractivity contribution in [2.75, 3.05) is 13.2 Å². The number of nitrogens with one attached hydrogen (secondary N) is 1. The summed E-state index contributed by atoms with van der Waals surface area (Å²) < 4.78 is 12.0. The topological polar surface area (TPSA) is 97.4 Å². The number of likely N-dealkylation sites (tertiary alicyclic amines) is 1. The van der Waals surface area contributed by atoms with E-state index >= 15 is 0 Å². The van der Waals surface area contributed by atoms with Gasteiger partial charge in [-0.25, -0.2) is 0 Å². The number of ketones is 1. The maximum absolute atomic E-state index is 13.0. The van der Waals surface area contributed by atoms with Gasteiger partial charge in [-0.2, -0.15) is 5.10 Å². The third-order valence-corrected chi connectivity index (χ3v) is 5.12. The summed E-state index contributed by atoms with van der Waals surface area (Å²) in [7, 11) is 0. The minimum atomic E-state index is -0.192. The highest BCUT2D eigenvalue weighted by Crippen LogP contribution is 2.32. The van der Waals surface area contributed by atoms with E-state index in [9.17, 15) is 9.59 Å². The van der Waals surface area contributed by atoms with Crippen molar-refractivity contribution in [2.24, 2.45) is 0 Å². The Morgan fingerprint density at radius 1 is 1.37 bits per heavy atom. The van der Waals surface area contributed by atoms with Crippen LogP contribution in [-0.4, -0.2) is 63.2 Å². The van der Waals surface area contributed by atoms with Gasteiger partial charge in [0.2, 0.25) is 0 Å². The summed E-state index contributed by atoms with van der Waals surface area (Å²) >= 11 is 0. The van der Waals surface area contributed by atoms with E-state index in [4.69, 9.17) is 9.47 Å². The Morgan fingerprint density at radius 2 is 2.19 bits per heavy atom. The molecule has 4 rings (SSSR count). The summed E-state index contributed by atoms with van der Waals surface area (Å²) in [5, 5.41) is 6.60. The van der Waals surface area contributed by atoms with Gasteiger partial charge < -0.3 is 14.4 Å². The van der Waals surface area contributed by atoms with Crippen molar-refractivity contribution in [1.29, 1.82) is 0 Å². The van der Waals surface area contributed by atoms with Crippen molar-refractivity contribution in [2.45, 2.75) is 44.6 Å². The number of hydrogen-bond acceptors (Lipinski definition) is 6. The molecule has 0 unspecified atom stereocenters. The van der Waals surface area contributed by atoms with Crippen LogP contribution in [0.2, 0.25) is 0 Å². The lowest BCUT2D eigenvalue weighted by atomic mass is 10.0. The number of H-pyrrole nitrogens is 1. The normalized spacial score (nSPS) is 24.6. The van der Waals surface area contributed by atoms with Gasteiger partial charge in [0.25, 0.3) is 5.91 Å². The SMILES string of the molecule is CC(=O)c1cc(C(=O)N2C[C@H](OCc3ccncc3)[C@H]3OCCC[C@H]32)[nH]n1. The number of amides is 1. The lowest BCUT2D eigenvalue weighted by Crippen LogP contribution is -2.44. The number of fused-ring (bicyclic) bond motifs is 1. The monoisotopic (exact) mass is 370 g/mol. The first-order chi connectivity index (χ1) is 13.1. The quantitative estimate of drug-likeness (QED) is 0.803. The summed E-state index contributed by atoms with van der Waals surface area (Å²) in [6.07, 6.45) is 4.91. The van der Waals surface area contributed by atoms with E-state index in [1.807, 2.05) is 12.1 Å². The fraction of sp³-hybridized carbons (Fsp3) is 0.474. The zero-order chi connectivity index (χ0) is 18.8. The minimum Gasteiger partial charge on any atom is -0.373 e. The van der Waals surface area contributed by atoms with Crippen LogP contribution in [0.4, 0.5) is 0 Å². The molecule has 0 bridgehead atoms. The largest absolute Gasteiger partial charge is 0.373 e. The highest BCUT2D eigenvalue weighted by Gasteiger charge is 2.47. The van der Waals surface area contributed by atoms with Crippen molar-refractivity contribution < 1.29 is 19.1 Å². The van der Waals surface area contributed by atoms with Crippen LogP contribution in [0, 0.1) is 0 Å². The first kappa shape index (κ1) is 17.8. The number of carbonyl (C=O) groups excluding carboxylic acids is 2. The van der Waals surface area contributed by atoms with Gasteiger partial charge in [-0.15, -0.1) is 0 Å². The van der Waals surface area contributed by atoms with Gasteiger partial charge in [0.1, 0.15) is 23.6 Å². The highest BCUT2D eigenvalue weighted by molar-refractivity contribution is 5.97. The van der Waals surface area contributed by atoms with E-state index in [1.165, 1.54) is 13.0 Å². The molecule has 0 spiro atoms. The van der Waals surface area contributed by atoms with Crippen molar-refractivity contribution in [3.05, 3.63) is 47.5 Å². The summed E-state index contributed by atoms with van der Waals surface area (Å²) in [5.41, 5.74) is 1.61. The lowest BCUT2D eigenvalue weighted by molar-refractivity contribution is -0.0809. The second-order valence-electron chi connectivity index (χ2n) is 6.93. The maximum atomic E-state index is 13.0. The first-order valence-electron chi connectivity index (χ1n) is 9.13. The second-order valence-corrected chi connectivity index (χ2v) is 6.93. The van der Waals surface area contributed by atoms with Crippen molar-refractivity contribution in [3.63, 3.8) is 0 Å². The molecular formula is C19H22N4O4. The van der Waals surface area contributed by atoms with Crippen LogP contribution in [0.15, 0.2) is 30.6 Å². The van der Waals surface area contributed by atoms with Crippen LogP contribution in [0.25, 0.3) is 0 Å². The Bertz CT molecular complexity index is 822. The summed E-state index contributed by atoms with van der Waals surface area (Å²) in [4.78, 5) is 30.2. The predicted molar refractivity (Wildman–Crippen MR) is 95.2 cm³/mol. The number of nitrogens with zero attached hydrogens (tertiary/aromatic N) is 3. The number of ether oxygens (including phenoxy) is 2. The molecule has 0 radical (unpaired) electrons. The van der Waals surface area contributed by atoms with E-state index in [2.05, 4.69) is 15.2 Å². The van der Waals surface area contributed by atoms with Gasteiger partial charge in [0.05, 0.1) is 19.2 Å². The molecule has 8 nitrogen and oxygen atoms in total. The molecule has 2 aliphatic rings. The van der Waals surface area contributed by atoms with E-state index in [0.29, 0.717) is 25.5 Å². The van der Waals surface area contributed by atoms with E-state index in [-0.39, 0.29) is 35.6 Å². The Balaban J connectivity index is 1.49. The smallest absolute Gasteiger partial charge is 0.272 e. The number of pyridine rings is 1. The number of aromatic amines is 1. The molecule has 0 saturated carbocycles. The van der Waals surface area contributed by atoms with Crippen LogP contribution < -0.4 is 0 Å². The third kappa shape index (κ3) is 3.63. The van der Waals surface area contributed by atoms with Gasteiger partial charge in [-0.3, -0.25) is 19.7 Å². The molecule has 2 aromatic heterocycles. The minimum absolute atomic E-state index is 0.0298. The van der Waals surface area contributed by atoms with Crippen LogP contribution >= 0.6 is 0 Å². The van der Waals surface area contributed by atoms with Gasteiger partial charge in [-0.05, 0) is 36.6 Å². The molecule has 0 aromatic carbocycles. The fourth-order valence-electron chi connectivity index (χ4n) is 3.74. The van der Waals surface area contributed by atoms with Crippen LogP contribution in [0.3, 0.4) is 0 Å². The van der Waals surface area contributed by atoms with Crippen molar-refractivity contribution >= 4 is 11.7 Å². The molecule has 2 aromatic rings. The maximum Gasteiger partial charge on any atom is 0.272 e. The Kier molecular flexibility index (Phi) is 5.00. The van der Waals surface area contributed by atoms with Crippen LogP contribution in [0.5, 0.6) is 0 Å². The number of hydrogen-bond donors (Lipinski definition) is 1. The molecule has 0 aliphatic carbocycles. The average molecular weight is 370 g/mol. The molecule has 3 atom stereocenters. The molecular weight excluding hydrogens is 348 g/mol. The number of aromatic nitrogens is 3. The lowest BCUT2D eigenvalue weighted by Gasteiger charge is -2.31. The second kappa shape index (κ2) is 7.58.